The van der Waals surface area contributed by atoms with Crippen LogP contribution in [0.2, 0.25) is 0 Å². The quantitative estimate of drug-likeness (QED) is 0.534. The van der Waals surface area contributed by atoms with Crippen LogP contribution in [0.5, 0.6) is 0 Å². The average Bonchev–Trinajstić information content (AvgIpc) is 2.08. The molecule has 0 fully saturated rings. The summed E-state index contributed by atoms with van der Waals surface area (Å²) in [5, 5.41) is 0. The summed E-state index contributed by atoms with van der Waals surface area (Å²) in [6.07, 6.45) is 13.4. The Morgan fingerprint density at radius 3 is 1.91 bits per heavy atom. The van der Waals surface area contributed by atoms with Crippen molar-refractivity contribution in [2.24, 2.45) is 0 Å². The summed E-state index contributed by atoms with van der Waals surface area (Å²) in [6.45, 7) is 8.13. The van der Waals surface area contributed by atoms with Crippen molar-refractivity contribution < 1.29 is 0 Å². The van der Waals surface area contributed by atoms with Gasteiger partial charge in [0.15, 0.2) is 0 Å². The highest BCUT2D eigenvalue weighted by molar-refractivity contribution is 5.10. The molecule has 0 aromatic heterocycles. The lowest BCUT2D eigenvalue weighted by Gasteiger charge is -1.72. The first-order chi connectivity index (χ1) is 5.41. The SMILES string of the molecule is CC.C\C=C/C=C\C=C/CC. The molecule has 0 saturated heterocycles. The van der Waals surface area contributed by atoms with E-state index < -0.39 is 0 Å². The zero-order chi connectivity index (χ0) is 8.95. The van der Waals surface area contributed by atoms with Crippen LogP contribution in [0.4, 0.5) is 0 Å². The molecule has 0 nitrogen and oxygen atoms in total. The molecule has 0 aliphatic heterocycles. The van der Waals surface area contributed by atoms with Gasteiger partial charge >= 0.3 is 0 Å². The summed E-state index contributed by atoms with van der Waals surface area (Å²) in [6, 6.07) is 0. The Bertz CT molecular complexity index is 116. The van der Waals surface area contributed by atoms with Gasteiger partial charge in [0.2, 0.25) is 0 Å². The van der Waals surface area contributed by atoms with E-state index in [2.05, 4.69) is 19.1 Å². The summed E-state index contributed by atoms with van der Waals surface area (Å²) in [7, 11) is 0. The van der Waals surface area contributed by atoms with Gasteiger partial charge in [-0.2, -0.15) is 0 Å². The number of hydrogen-bond donors (Lipinski definition) is 0. The van der Waals surface area contributed by atoms with Crippen molar-refractivity contribution in [2.45, 2.75) is 34.1 Å². The monoisotopic (exact) mass is 152 g/mol. The van der Waals surface area contributed by atoms with Crippen LogP contribution in [0.3, 0.4) is 0 Å². The molecule has 0 aromatic carbocycles. The lowest BCUT2D eigenvalue weighted by Crippen LogP contribution is -1.51. The lowest BCUT2D eigenvalue weighted by atomic mass is 10.4. The average molecular weight is 152 g/mol. The molecule has 0 heterocycles. The molecule has 11 heavy (non-hydrogen) atoms. The summed E-state index contributed by atoms with van der Waals surface area (Å²) in [5.74, 6) is 0. The first-order valence-electron chi connectivity index (χ1n) is 4.36. The van der Waals surface area contributed by atoms with Crippen LogP contribution in [0, 0.1) is 0 Å². The van der Waals surface area contributed by atoms with Crippen molar-refractivity contribution in [3.63, 3.8) is 0 Å². The largest absolute Gasteiger partial charge is 0.0877 e. The third-order valence-corrected chi connectivity index (χ3v) is 0.898. The lowest BCUT2D eigenvalue weighted by molar-refractivity contribution is 1.22. The van der Waals surface area contributed by atoms with Crippen LogP contribution in [0.25, 0.3) is 0 Å². The molecule has 0 saturated carbocycles. The van der Waals surface area contributed by atoms with E-state index in [1.165, 1.54) is 0 Å². The standard InChI is InChI=1S/C9H14.C2H6/c1-3-5-7-9-8-6-4-2;1-2/h3,5-9H,4H2,1-2H3;1-2H3/b5-3-,8-6-,9-7-;. The maximum absolute atomic E-state index is 2.12. The van der Waals surface area contributed by atoms with Gasteiger partial charge in [0.25, 0.3) is 0 Å². The van der Waals surface area contributed by atoms with Gasteiger partial charge in [-0.1, -0.05) is 57.2 Å². The fraction of sp³-hybridized carbons (Fsp3) is 0.455. The van der Waals surface area contributed by atoms with Crippen molar-refractivity contribution >= 4 is 0 Å². The Balaban J connectivity index is 0. The molecule has 64 valence electrons. The van der Waals surface area contributed by atoms with E-state index in [0.717, 1.165) is 6.42 Å². The molecular formula is C11H20. The highest BCUT2D eigenvalue weighted by atomic mass is 13.7. The van der Waals surface area contributed by atoms with Crippen LogP contribution >= 0.6 is 0 Å². The van der Waals surface area contributed by atoms with Gasteiger partial charge in [-0.05, 0) is 13.3 Å². The predicted molar refractivity (Wildman–Crippen MR) is 54.7 cm³/mol. The molecule has 0 aliphatic rings. The second kappa shape index (κ2) is 16.1. The van der Waals surface area contributed by atoms with E-state index in [1.54, 1.807) is 0 Å². The predicted octanol–water partition coefficient (Wildman–Crippen LogP) is 4.11. The van der Waals surface area contributed by atoms with Crippen molar-refractivity contribution in [1.29, 1.82) is 0 Å². The molecule has 0 unspecified atom stereocenters. The molecule has 0 spiro atoms. The van der Waals surface area contributed by atoms with Gasteiger partial charge in [0, 0.05) is 0 Å². The third-order valence-electron chi connectivity index (χ3n) is 0.898. The second-order valence-electron chi connectivity index (χ2n) is 1.75. The molecule has 0 N–H and O–H groups in total. The highest BCUT2D eigenvalue weighted by Crippen LogP contribution is 1.82. The van der Waals surface area contributed by atoms with Gasteiger partial charge < -0.3 is 0 Å². The molecule has 0 aliphatic carbocycles. The minimum absolute atomic E-state index is 1.11. The van der Waals surface area contributed by atoms with Crippen LogP contribution in [0.1, 0.15) is 34.1 Å². The molecule has 0 radical (unpaired) electrons. The van der Waals surface area contributed by atoms with Crippen molar-refractivity contribution in [3.05, 3.63) is 36.5 Å². The summed E-state index contributed by atoms with van der Waals surface area (Å²) >= 11 is 0. The van der Waals surface area contributed by atoms with Crippen LogP contribution in [0.15, 0.2) is 36.5 Å². The van der Waals surface area contributed by atoms with Gasteiger partial charge in [0.05, 0.1) is 0 Å². The Morgan fingerprint density at radius 1 is 0.909 bits per heavy atom. The van der Waals surface area contributed by atoms with Gasteiger partial charge in [-0.3, -0.25) is 0 Å². The fourth-order valence-electron chi connectivity index (χ4n) is 0.454. The molecule has 0 amide bonds. The maximum atomic E-state index is 2.12. The minimum atomic E-state index is 1.11. The molecule has 0 atom stereocenters. The second-order valence-corrected chi connectivity index (χ2v) is 1.75. The van der Waals surface area contributed by atoms with Crippen molar-refractivity contribution in [1.82, 2.24) is 0 Å². The van der Waals surface area contributed by atoms with Crippen LogP contribution < -0.4 is 0 Å². The van der Waals surface area contributed by atoms with Crippen LogP contribution in [-0.2, 0) is 0 Å². The molecule has 0 rings (SSSR count). The topological polar surface area (TPSA) is 0 Å². The van der Waals surface area contributed by atoms with Gasteiger partial charge in [-0.25, -0.2) is 0 Å². The van der Waals surface area contributed by atoms with Crippen molar-refractivity contribution in [3.8, 4) is 0 Å². The minimum Gasteiger partial charge on any atom is -0.0877 e. The normalized spacial score (nSPS) is 10.9. The first-order valence-corrected chi connectivity index (χ1v) is 4.36. The van der Waals surface area contributed by atoms with E-state index in [1.807, 2.05) is 45.1 Å². The highest BCUT2D eigenvalue weighted by Gasteiger charge is 1.60. The molecule has 0 heteroatoms. The Morgan fingerprint density at radius 2 is 1.45 bits per heavy atom. The first kappa shape index (κ1) is 12.9. The molecule has 0 bridgehead atoms. The smallest absolute Gasteiger partial charge is 0.0376 e. The van der Waals surface area contributed by atoms with E-state index in [-0.39, 0.29) is 0 Å². The van der Waals surface area contributed by atoms with Gasteiger partial charge in [-0.15, -0.1) is 0 Å². The molecular weight excluding hydrogens is 132 g/mol. The maximum Gasteiger partial charge on any atom is -0.0376 e. The summed E-state index contributed by atoms with van der Waals surface area (Å²) in [5.41, 5.74) is 0. The Hall–Kier alpha value is -0.780. The van der Waals surface area contributed by atoms with Crippen molar-refractivity contribution in [2.75, 3.05) is 0 Å². The number of allylic oxidation sites excluding steroid dienone is 6. The van der Waals surface area contributed by atoms with E-state index in [0.29, 0.717) is 0 Å². The number of hydrogen-bond acceptors (Lipinski definition) is 0. The Labute approximate surface area is 71.3 Å². The van der Waals surface area contributed by atoms with Crippen LogP contribution in [-0.4, -0.2) is 0 Å². The Kier molecular flexibility index (Phi) is 18.8. The summed E-state index contributed by atoms with van der Waals surface area (Å²) in [4.78, 5) is 0. The van der Waals surface area contributed by atoms with Gasteiger partial charge in [0.1, 0.15) is 0 Å². The number of rotatable bonds is 3. The summed E-state index contributed by atoms with van der Waals surface area (Å²) < 4.78 is 0. The zero-order valence-electron chi connectivity index (χ0n) is 8.17. The van der Waals surface area contributed by atoms with E-state index >= 15 is 0 Å². The zero-order valence-corrected chi connectivity index (χ0v) is 8.17. The fourth-order valence-corrected chi connectivity index (χ4v) is 0.454. The van der Waals surface area contributed by atoms with E-state index in [4.69, 9.17) is 0 Å². The third kappa shape index (κ3) is 17.6. The van der Waals surface area contributed by atoms with E-state index in [9.17, 15) is 0 Å². The molecule has 0 aromatic rings.